The van der Waals surface area contributed by atoms with E-state index in [9.17, 15) is 9.59 Å². The maximum absolute atomic E-state index is 11.5. The lowest BCUT2D eigenvalue weighted by Gasteiger charge is -2.08. The number of amides is 2. The van der Waals surface area contributed by atoms with Crippen LogP contribution in [-0.4, -0.2) is 32.0 Å². The molecule has 1 aromatic carbocycles. The van der Waals surface area contributed by atoms with E-state index in [1.165, 1.54) is 7.05 Å². The molecule has 0 saturated carbocycles. The number of nitrogens with one attached hydrogen (secondary N) is 3. The van der Waals surface area contributed by atoms with Crippen LogP contribution in [0.5, 0.6) is 0 Å². The van der Waals surface area contributed by atoms with Crippen molar-refractivity contribution in [3.8, 4) is 0 Å². The first-order chi connectivity index (χ1) is 8.58. The molecule has 1 aromatic rings. The second-order valence-electron chi connectivity index (χ2n) is 3.60. The van der Waals surface area contributed by atoms with E-state index in [1.54, 1.807) is 18.2 Å². The fraction of sp³-hybridized carbons (Fsp3) is 0.333. The lowest BCUT2D eigenvalue weighted by atomic mass is 10.2. The highest BCUT2D eigenvalue weighted by molar-refractivity contribution is 6.34. The van der Waals surface area contributed by atoms with Crippen LogP contribution in [0.4, 0.5) is 5.69 Å². The minimum absolute atomic E-state index is 0.165. The summed E-state index contributed by atoms with van der Waals surface area (Å²) in [6.45, 7) is 2.87. The number of halogens is 1. The molecule has 0 unspecified atom stereocenters. The lowest BCUT2D eigenvalue weighted by Crippen LogP contribution is -2.28. The number of hydrogen-bond donors (Lipinski definition) is 3. The highest BCUT2D eigenvalue weighted by Gasteiger charge is 2.10. The highest BCUT2D eigenvalue weighted by Crippen LogP contribution is 2.20. The molecule has 2 amide bonds. The molecule has 0 atom stereocenters. The van der Waals surface area contributed by atoms with Crippen molar-refractivity contribution < 1.29 is 9.59 Å². The van der Waals surface area contributed by atoms with Gasteiger partial charge in [-0.05, 0) is 24.7 Å². The molecular formula is C12H16ClN3O2. The van der Waals surface area contributed by atoms with Crippen LogP contribution < -0.4 is 16.0 Å². The molecule has 5 nitrogen and oxygen atoms in total. The number of rotatable bonds is 5. The van der Waals surface area contributed by atoms with Crippen LogP contribution >= 0.6 is 11.6 Å². The van der Waals surface area contributed by atoms with Crippen LogP contribution in [0.15, 0.2) is 18.2 Å². The number of anilines is 1. The van der Waals surface area contributed by atoms with E-state index >= 15 is 0 Å². The van der Waals surface area contributed by atoms with Crippen LogP contribution in [0.3, 0.4) is 0 Å². The van der Waals surface area contributed by atoms with Gasteiger partial charge in [-0.25, -0.2) is 0 Å². The monoisotopic (exact) mass is 269 g/mol. The van der Waals surface area contributed by atoms with Crippen molar-refractivity contribution in [2.45, 2.75) is 6.92 Å². The molecule has 0 radical (unpaired) electrons. The van der Waals surface area contributed by atoms with Crippen molar-refractivity contribution in [3.63, 3.8) is 0 Å². The molecule has 0 heterocycles. The van der Waals surface area contributed by atoms with E-state index in [0.29, 0.717) is 16.3 Å². The Bertz CT molecular complexity index is 449. The summed E-state index contributed by atoms with van der Waals surface area (Å²) in [5.41, 5.74) is 0.876. The molecule has 0 aliphatic rings. The summed E-state index contributed by atoms with van der Waals surface area (Å²) in [7, 11) is 1.52. The highest BCUT2D eigenvalue weighted by atomic mass is 35.5. The van der Waals surface area contributed by atoms with E-state index in [2.05, 4.69) is 16.0 Å². The largest absolute Gasteiger partial charge is 0.355 e. The van der Waals surface area contributed by atoms with Crippen LogP contribution in [0.1, 0.15) is 17.3 Å². The smallest absolute Gasteiger partial charge is 0.252 e. The molecule has 0 aromatic heterocycles. The maximum Gasteiger partial charge on any atom is 0.252 e. The zero-order valence-electron chi connectivity index (χ0n) is 10.3. The van der Waals surface area contributed by atoms with Crippen molar-refractivity contribution in [3.05, 3.63) is 28.8 Å². The molecule has 18 heavy (non-hydrogen) atoms. The molecule has 0 spiro atoms. The van der Waals surface area contributed by atoms with Crippen molar-refractivity contribution in [1.82, 2.24) is 10.6 Å². The predicted octanol–water partition coefficient (Wildman–Crippen LogP) is 1.25. The van der Waals surface area contributed by atoms with Gasteiger partial charge in [-0.2, -0.15) is 0 Å². The standard InChI is InChI=1S/C12H16ClN3O2/c1-3-15-7-11(17)16-8-4-5-10(13)9(6-8)12(18)14-2/h4-6,15H,3,7H2,1-2H3,(H,14,18)(H,16,17). The average Bonchev–Trinajstić information content (AvgIpc) is 2.37. The SMILES string of the molecule is CCNCC(=O)Nc1ccc(Cl)c(C(=O)NC)c1. The molecule has 6 heteroatoms. The van der Waals surface area contributed by atoms with Crippen molar-refractivity contribution >= 4 is 29.1 Å². The van der Waals surface area contributed by atoms with Gasteiger partial charge in [-0.1, -0.05) is 18.5 Å². The van der Waals surface area contributed by atoms with Gasteiger partial charge in [0.1, 0.15) is 0 Å². The van der Waals surface area contributed by atoms with E-state index in [-0.39, 0.29) is 18.4 Å². The van der Waals surface area contributed by atoms with E-state index in [0.717, 1.165) is 6.54 Å². The summed E-state index contributed by atoms with van der Waals surface area (Å²) in [4.78, 5) is 23.0. The Hall–Kier alpha value is -1.59. The molecule has 0 fully saturated rings. The second kappa shape index (κ2) is 6.98. The summed E-state index contributed by atoms with van der Waals surface area (Å²) in [6.07, 6.45) is 0. The molecule has 0 bridgehead atoms. The van der Waals surface area contributed by atoms with Crippen LogP contribution in [0.25, 0.3) is 0 Å². The van der Waals surface area contributed by atoms with Crippen LogP contribution in [0, 0.1) is 0 Å². The molecule has 1 rings (SSSR count). The van der Waals surface area contributed by atoms with Gasteiger partial charge >= 0.3 is 0 Å². The Balaban J connectivity index is 2.79. The number of hydrogen-bond acceptors (Lipinski definition) is 3. The fourth-order valence-electron chi connectivity index (χ4n) is 1.36. The first-order valence-electron chi connectivity index (χ1n) is 5.60. The molecule has 0 aliphatic heterocycles. The van der Waals surface area contributed by atoms with Crippen LogP contribution in [0.2, 0.25) is 5.02 Å². The first-order valence-corrected chi connectivity index (χ1v) is 5.98. The van der Waals surface area contributed by atoms with Crippen LogP contribution in [-0.2, 0) is 4.79 Å². The Labute approximate surface area is 111 Å². The molecule has 98 valence electrons. The van der Waals surface area contributed by atoms with Gasteiger partial charge in [-0.3, -0.25) is 9.59 Å². The Morgan fingerprint density at radius 3 is 2.67 bits per heavy atom. The van der Waals surface area contributed by atoms with Gasteiger partial charge in [0.2, 0.25) is 5.91 Å². The Morgan fingerprint density at radius 1 is 1.33 bits per heavy atom. The average molecular weight is 270 g/mol. The van der Waals surface area contributed by atoms with E-state index < -0.39 is 0 Å². The normalized spacial score (nSPS) is 9.94. The minimum Gasteiger partial charge on any atom is -0.355 e. The topological polar surface area (TPSA) is 70.2 Å². The molecular weight excluding hydrogens is 254 g/mol. The Morgan fingerprint density at radius 2 is 2.06 bits per heavy atom. The summed E-state index contributed by atoms with van der Waals surface area (Å²) < 4.78 is 0. The third-order valence-corrected chi connectivity index (χ3v) is 2.59. The van der Waals surface area contributed by atoms with Crippen molar-refractivity contribution in [2.24, 2.45) is 0 Å². The summed E-state index contributed by atoms with van der Waals surface area (Å²) in [5.74, 6) is -0.454. The predicted molar refractivity (Wildman–Crippen MR) is 72.0 cm³/mol. The minimum atomic E-state index is -0.289. The fourth-order valence-corrected chi connectivity index (χ4v) is 1.56. The zero-order chi connectivity index (χ0) is 13.5. The van der Waals surface area contributed by atoms with Gasteiger partial charge in [0.25, 0.3) is 5.91 Å². The summed E-state index contributed by atoms with van der Waals surface area (Å²) in [5, 5.41) is 8.43. The molecule has 3 N–H and O–H groups in total. The third kappa shape index (κ3) is 4.01. The van der Waals surface area contributed by atoms with Gasteiger partial charge < -0.3 is 16.0 Å². The van der Waals surface area contributed by atoms with Crippen molar-refractivity contribution in [1.29, 1.82) is 0 Å². The van der Waals surface area contributed by atoms with Gasteiger partial charge in [0, 0.05) is 12.7 Å². The Kier molecular flexibility index (Phi) is 5.61. The quantitative estimate of drug-likeness (QED) is 0.753. The number of carbonyl (C=O) groups excluding carboxylic acids is 2. The summed E-state index contributed by atoms with van der Waals surface area (Å²) >= 11 is 5.90. The molecule has 0 saturated heterocycles. The van der Waals surface area contributed by atoms with Crippen molar-refractivity contribution in [2.75, 3.05) is 25.5 Å². The number of benzene rings is 1. The zero-order valence-corrected chi connectivity index (χ0v) is 11.1. The first kappa shape index (κ1) is 14.5. The number of likely N-dealkylation sites (N-methyl/N-ethyl adjacent to an activating group) is 1. The maximum atomic E-state index is 11.5. The third-order valence-electron chi connectivity index (χ3n) is 2.26. The van der Waals surface area contributed by atoms with Gasteiger partial charge in [0.15, 0.2) is 0 Å². The molecule has 0 aliphatic carbocycles. The van der Waals surface area contributed by atoms with Gasteiger partial charge in [0.05, 0.1) is 17.1 Å². The van der Waals surface area contributed by atoms with Gasteiger partial charge in [-0.15, -0.1) is 0 Å². The summed E-state index contributed by atoms with van der Waals surface area (Å²) in [6, 6.07) is 4.78. The van der Waals surface area contributed by atoms with E-state index in [4.69, 9.17) is 11.6 Å². The number of carbonyl (C=O) groups is 2. The lowest BCUT2D eigenvalue weighted by molar-refractivity contribution is -0.115. The van der Waals surface area contributed by atoms with E-state index in [1.807, 2.05) is 6.92 Å². The second-order valence-corrected chi connectivity index (χ2v) is 4.01.